The summed E-state index contributed by atoms with van der Waals surface area (Å²) in [5.41, 5.74) is 5.28. The van der Waals surface area contributed by atoms with E-state index in [4.69, 9.17) is 5.73 Å². The van der Waals surface area contributed by atoms with Crippen LogP contribution in [0.2, 0.25) is 0 Å². The van der Waals surface area contributed by atoms with Crippen LogP contribution in [0.4, 0.5) is 24.5 Å². The van der Waals surface area contributed by atoms with Crippen molar-refractivity contribution in [1.82, 2.24) is 4.98 Å². The number of rotatable bonds is 1. The monoisotopic (exact) mass is 261 g/mol. The van der Waals surface area contributed by atoms with Crippen molar-refractivity contribution in [3.63, 3.8) is 0 Å². The minimum Gasteiger partial charge on any atom is -0.396 e. The summed E-state index contributed by atoms with van der Waals surface area (Å²) >= 11 is 0. The molecule has 1 saturated heterocycles. The molecule has 1 aromatic heterocycles. The minimum absolute atomic E-state index is 0.222. The van der Waals surface area contributed by atoms with Gasteiger partial charge in [0, 0.05) is 13.1 Å². The summed E-state index contributed by atoms with van der Waals surface area (Å²) in [4.78, 5) is 5.04. The van der Waals surface area contributed by atoms with Crippen molar-refractivity contribution >= 4 is 11.4 Å². The summed E-state index contributed by atoms with van der Waals surface area (Å²) in [6.45, 7) is 0.985. The van der Waals surface area contributed by atoms with Gasteiger partial charge in [0.15, 0.2) is 0 Å². The number of nitrogens with two attached hydrogens (primary N) is 1. The highest BCUT2D eigenvalue weighted by molar-refractivity contribution is 5.67. The fourth-order valence-electron chi connectivity index (χ4n) is 1.99. The number of hydrogen-bond acceptors (Lipinski definition) is 4. The number of anilines is 2. The second-order valence-electron chi connectivity index (χ2n) is 4.34. The van der Waals surface area contributed by atoms with Crippen molar-refractivity contribution in [3.8, 4) is 0 Å². The zero-order valence-electron chi connectivity index (χ0n) is 9.61. The molecule has 0 aliphatic carbocycles. The number of pyridine rings is 1. The number of halogens is 3. The summed E-state index contributed by atoms with van der Waals surface area (Å²) in [7, 11) is 0. The smallest absolute Gasteiger partial charge is 0.396 e. The van der Waals surface area contributed by atoms with Crippen LogP contribution in [0.1, 0.15) is 18.5 Å². The Morgan fingerprint density at radius 3 is 2.50 bits per heavy atom. The van der Waals surface area contributed by atoms with Gasteiger partial charge >= 0.3 is 6.18 Å². The van der Waals surface area contributed by atoms with Gasteiger partial charge in [0.1, 0.15) is 5.69 Å². The molecule has 0 atom stereocenters. The molecule has 0 radical (unpaired) electrons. The number of nitrogen functional groups attached to an aromatic ring is 1. The van der Waals surface area contributed by atoms with Crippen molar-refractivity contribution < 1.29 is 18.3 Å². The van der Waals surface area contributed by atoms with Gasteiger partial charge in [0.25, 0.3) is 0 Å². The third-order valence-corrected chi connectivity index (χ3v) is 3.01. The highest BCUT2D eigenvalue weighted by Crippen LogP contribution is 2.33. The van der Waals surface area contributed by atoms with Gasteiger partial charge in [-0.05, 0) is 18.9 Å². The van der Waals surface area contributed by atoms with Crippen LogP contribution in [0, 0.1) is 0 Å². The summed E-state index contributed by atoms with van der Waals surface area (Å²) in [6.07, 6.45) is -2.76. The molecule has 18 heavy (non-hydrogen) atoms. The first-order chi connectivity index (χ1) is 8.38. The van der Waals surface area contributed by atoms with Gasteiger partial charge in [-0.1, -0.05) is 0 Å². The molecule has 1 aliphatic heterocycles. The van der Waals surface area contributed by atoms with E-state index in [2.05, 4.69) is 4.98 Å². The van der Waals surface area contributed by atoms with Crippen LogP contribution in [0.3, 0.4) is 0 Å². The molecule has 0 bridgehead atoms. The minimum atomic E-state index is -4.47. The lowest BCUT2D eigenvalue weighted by atomic mass is 10.1. The van der Waals surface area contributed by atoms with Gasteiger partial charge < -0.3 is 15.7 Å². The Labute approximate surface area is 102 Å². The first-order valence-corrected chi connectivity index (χ1v) is 5.63. The SMILES string of the molecule is Nc1cnc(C(F)(F)F)cc1N1CCC(O)CC1. The van der Waals surface area contributed by atoms with Crippen molar-refractivity contribution in [2.75, 3.05) is 23.7 Å². The zero-order chi connectivity index (χ0) is 13.3. The van der Waals surface area contributed by atoms with Gasteiger partial charge in [0.05, 0.1) is 23.7 Å². The molecule has 0 unspecified atom stereocenters. The van der Waals surface area contributed by atoms with Crippen LogP contribution < -0.4 is 10.6 Å². The molecule has 100 valence electrons. The molecule has 0 aromatic carbocycles. The van der Waals surface area contributed by atoms with Crippen molar-refractivity contribution in [2.45, 2.75) is 25.1 Å². The maximum Gasteiger partial charge on any atom is 0.433 e. The molecule has 0 spiro atoms. The topological polar surface area (TPSA) is 62.4 Å². The van der Waals surface area contributed by atoms with Gasteiger partial charge in [-0.15, -0.1) is 0 Å². The molecule has 1 fully saturated rings. The van der Waals surface area contributed by atoms with E-state index >= 15 is 0 Å². The molecule has 1 aliphatic rings. The standard InChI is InChI=1S/C11H14F3N3O/c12-11(13,14)10-5-9(8(15)6-16-10)17-3-1-7(18)2-4-17/h5-7,18H,1-4,15H2. The van der Waals surface area contributed by atoms with E-state index in [0.29, 0.717) is 31.6 Å². The second-order valence-corrected chi connectivity index (χ2v) is 4.34. The molecule has 3 N–H and O–H groups in total. The number of nitrogens with zero attached hydrogens (tertiary/aromatic N) is 2. The highest BCUT2D eigenvalue weighted by atomic mass is 19.4. The van der Waals surface area contributed by atoms with Gasteiger partial charge in [-0.3, -0.25) is 0 Å². The number of piperidine rings is 1. The Morgan fingerprint density at radius 1 is 1.33 bits per heavy atom. The number of aliphatic hydroxyl groups is 1. The van der Waals surface area contributed by atoms with E-state index in [1.165, 1.54) is 0 Å². The fourth-order valence-corrected chi connectivity index (χ4v) is 1.99. The number of hydrogen-bond donors (Lipinski definition) is 2. The van der Waals surface area contributed by atoms with Crippen molar-refractivity contribution in [1.29, 1.82) is 0 Å². The van der Waals surface area contributed by atoms with Crippen LogP contribution in [0.5, 0.6) is 0 Å². The molecule has 0 amide bonds. The van der Waals surface area contributed by atoms with E-state index in [0.717, 1.165) is 12.3 Å². The molecular weight excluding hydrogens is 247 g/mol. The van der Waals surface area contributed by atoms with Crippen LogP contribution in [0.15, 0.2) is 12.3 Å². The third kappa shape index (κ3) is 2.66. The Kier molecular flexibility index (Phi) is 3.34. The molecule has 0 saturated carbocycles. The highest BCUT2D eigenvalue weighted by Gasteiger charge is 2.33. The molecule has 4 nitrogen and oxygen atoms in total. The zero-order valence-corrected chi connectivity index (χ0v) is 9.61. The van der Waals surface area contributed by atoms with E-state index in [1.807, 2.05) is 0 Å². The summed E-state index contributed by atoms with van der Waals surface area (Å²) in [6, 6.07) is 0.965. The first-order valence-electron chi connectivity index (χ1n) is 5.63. The fraction of sp³-hybridized carbons (Fsp3) is 0.545. The maximum absolute atomic E-state index is 12.6. The quantitative estimate of drug-likeness (QED) is 0.806. The molecule has 2 rings (SSSR count). The lowest BCUT2D eigenvalue weighted by molar-refractivity contribution is -0.141. The van der Waals surface area contributed by atoms with Crippen LogP contribution in [-0.4, -0.2) is 29.3 Å². The van der Waals surface area contributed by atoms with E-state index in [9.17, 15) is 18.3 Å². The molecule has 7 heteroatoms. The van der Waals surface area contributed by atoms with Crippen LogP contribution in [-0.2, 0) is 6.18 Å². The predicted molar refractivity (Wildman–Crippen MR) is 61.1 cm³/mol. The molecular formula is C11H14F3N3O. The van der Waals surface area contributed by atoms with Gasteiger partial charge in [-0.25, -0.2) is 4.98 Å². The normalized spacial score (nSPS) is 18.1. The van der Waals surface area contributed by atoms with E-state index in [-0.39, 0.29) is 11.8 Å². The average Bonchev–Trinajstić information content (AvgIpc) is 2.29. The summed E-state index contributed by atoms with van der Waals surface area (Å²) < 4.78 is 37.7. The van der Waals surface area contributed by atoms with Gasteiger partial charge in [-0.2, -0.15) is 13.2 Å². The Balaban J connectivity index is 2.27. The Hall–Kier alpha value is -1.50. The Morgan fingerprint density at radius 2 is 1.94 bits per heavy atom. The van der Waals surface area contributed by atoms with Crippen LogP contribution in [0.25, 0.3) is 0 Å². The van der Waals surface area contributed by atoms with Crippen molar-refractivity contribution in [2.24, 2.45) is 0 Å². The lowest BCUT2D eigenvalue weighted by Gasteiger charge is -2.32. The third-order valence-electron chi connectivity index (χ3n) is 3.01. The number of aliphatic hydroxyl groups excluding tert-OH is 1. The molecule has 2 heterocycles. The first kappa shape index (κ1) is 12.9. The van der Waals surface area contributed by atoms with Crippen molar-refractivity contribution in [3.05, 3.63) is 18.0 Å². The average molecular weight is 261 g/mol. The number of alkyl halides is 3. The molecule has 1 aromatic rings. The maximum atomic E-state index is 12.6. The summed E-state index contributed by atoms with van der Waals surface area (Å²) in [5, 5.41) is 9.38. The largest absolute Gasteiger partial charge is 0.433 e. The Bertz CT molecular complexity index is 428. The number of aromatic nitrogens is 1. The predicted octanol–water partition coefficient (Wildman–Crippen LogP) is 1.64. The van der Waals surface area contributed by atoms with E-state index < -0.39 is 11.9 Å². The lowest BCUT2D eigenvalue weighted by Crippen LogP contribution is -2.36. The van der Waals surface area contributed by atoms with Gasteiger partial charge in [0.2, 0.25) is 0 Å². The van der Waals surface area contributed by atoms with E-state index in [1.54, 1.807) is 4.90 Å². The second kappa shape index (κ2) is 4.64. The van der Waals surface area contributed by atoms with Crippen LogP contribution >= 0.6 is 0 Å². The summed E-state index contributed by atoms with van der Waals surface area (Å²) in [5.74, 6) is 0.